The largest absolute Gasteiger partial charge is 0.497 e. The van der Waals surface area contributed by atoms with Crippen molar-refractivity contribution in [1.82, 2.24) is 24.6 Å². The molecule has 0 aliphatic carbocycles. The first-order valence-electron chi connectivity index (χ1n) is 8.05. The number of hydrogen-bond donors (Lipinski definition) is 1. The Hall–Kier alpha value is -2.38. The number of methoxy groups -OCH3 is 1. The van der Waals surface area contributed by atoms with Gasteiger partial charge in [0, 0.05) is 38.0 Å². The molecule has 0 saturated carbocycles. The summed E-state index contributed by atoms with van der Waals surface area (Å²) in [6.45, 7) is 2.85. The third-order valence-electron chi connectivity index (χ3n) is 4.34. The highest BCUT2D eigenvalue weighted by molar-refractivity contribution is 5.78. The molecule has 7 heteroatoms. The molecule has 1 aliphatic rings. The van der Waals surface area contributed by atoms with Crippen molar-refractivity contribution < 1.29 is 9.47 Å². The van der Waals surface area contributed by atoms with E-state index in [1.807, 2.05) is 36.3 Å². The molecule has 0 unspecified atom stereocenters. The van der Waals surface area contributed by atoms with Gasteiger partial charge < -0.3 is 19.4 Å². The minimum Gasteiger partial charge on any atom is -0.497 e. The lowest BCUT2D eigenvalue weighted by atomic mass is 10.2. The molecule has 0 saturated heterocycles. The highest BCUT2D eigenvalue weighted by Crippen LogP contribution is 2.28. The second-order valence-corrected chi connectivity index (χ2v) is 6.07. The van der Waals surface area contributed by atoms with E-state index in [4.69, 9.17) is 14.5 Å². The van der Waals surface area contributed by atoms with Crippen molar-refractivity contribution in [3.05, 3.63) is 42.0 Å². The van der Waals surface area contributed by atoms with Crippen LogP contribution in [0.1, 0.15) is 17.4 Å². The Morgan fingerprint density at radius 2 is 2.33 bits per heavy atom. The third kappa shape index (κ3) is 2.76. The van der Waals surface area contributed by atoms with E-state index in [1.165, 1.54) is 5.56 Å². The Bertz CT molecular complexity index is 854. The Balaban J connectivity index is 1.54. The topological polar surface area (TPSA) is 66.1 Å². The van der Waals surface area contributed by atoms with Gasteiger partial charge in [0.25, 0.3) is 0 Å². The van der Waals surface area contributed by atoms with E-state index in [-0.39, 0.29) is 6.04 Å². The molecule has 0 bridgehead atoms. The molecule has 0 radical (unpaired) electrons. The standard InChI is InChI=1S/C17H21N5O2/c1-21-9-12(7-19-21)6-18-8-13-10-24-11-17-20-15-5-14(23-2)3-4-16(15)22(13)17/h3-5,7,9,13,18H,6,8,10-11H2,1-2H3/t13-/m0/s1. The lowest BCUT2D eigenvalue weighted by molar-refractivity contribution is 0.0564. The second kappa shape index (κ2) is 6.26. The van der Waals surface area contributed by atoms with E-state index in [1.54, 1.807) is 7.11 Å². The number of nitrogens with zero attached hydrogens (tertiary/aromatic N) is 4. The van der Waals surface area contributed by atoms with Gasteiger partial charge in [-0.15, -0.1) is 0 Å². The zero-order chi connectivity index (χ0) is 16.5. The molecular formula is C17H21N5O2. The monoisotopic (exact) mass is 327 g/mol. The maximum absolute atomic E-state index is 5.73. The molecule has 1 atom stereocenters. The lowest BCUT2D eigenvalue weighted by Gasteiger charge is -2.26. The summed E-state index contributed by atoms with van der Waals surface area (Å²) in [5.74, 6) is 1.79. The normalized spacial score (nSPS) is 17.2. The fraction of sp³-hybridized carbons (Fsp3) is 0.412. The van der Waals surface area contributed by atoms with Crippen LogP contribution in [0.3, 0.4) is 0 Å². The van der Waals surface area contributed by atoms with Crippen LogP contribution >= 0.6 is 0 Å². The van der Waals surface area contributed by atoms with E-state index in [0.29, 0.717) is 13.2 Å². The smallest absolute Gasteiger partial charge is 0.136 e. The number of rotatable bonds is 5. The van der Waals surface area contributed by atoms with Crippen LogP contribution in [0.5, 0.6) is 5.75 Å². The van der Waals surface area contributed by atoms with E-state index < -0.39 is 0 Å². The first-order chi connectivity index (χ1) is 11.7. The molecule has 4 rings (SSSR count). The number of fused-ring (bicyclic) bond motifs is 3. The molecule has 126 valence electrons. The second-order valence-electron chi connectivity index (χ2n) is 6.07. The summed E-state index contributed by atoms with van der Waals surface area (Å²) in [5.41, 5.74) is 3.25. The van der Waals surface area contributed by atoms with E-state index >= 15 is 0 Å². The molecule has 7 nitrogen and oxygen atoms in total. The van der Waals surface area contributed by atoms with Crippen LogP contribution in [0, 0.1) is 0 Å². The van der Waals surface area contributed by atoms with Crippen molar-refractivity contribution in [2.24, 2.45) is 7.05 Å². The molecule has 2 aromatic heterocycles. The first-order valence-corrected chi connectivity index (χ1v) is 8.05. The predicted octanol–water partition coefficient (Wildman–Crippen LogP) is 1.64. The molecule has 3 aromatic rings. The van der Waals surface area contributed by atoms with Gasteiger partial charge in [0.1, 0.15) is 18.2 Å². The van der Waals surface area contributed by atoms with Crippen LogP contribution in [0.15, 0.2) is 30.6 Å². The molecule has 0 spiro atoms. The Morgan fingerprint density at radius 1 is 1.42 bits per heavy atom. The predicted molar refractivity (Wildman–Crippen MR) is 89.9 cm³/mol. The summed E-state index contributed by atoms with van der Waals surface area (Å²) in [6.07, 6.45) is 3.91. The van der Waals surface area contributed by atoms with Crippen molar-refractivity contribution in [3.8, 4) is 5.75 Å². The zero-order valence-electron chi connectivity index (χ0n) is 13.9. The van der Waals surface area contributed by atoms with Crippen molar-refractivity contribution in [1.29, 1.82) is 0 Å². The SMILES string of the molecule is COc1ccc2c(c1)nc1n2[C@@H](CNCc2cnn(C)c2)COC1. The fourth-order valence-corrected chi connectivity index (χ4v) is 3.22. The van der Waals surface area contributed by atoms with Gasteiger partial charge in [-0.1, -0.05) is 0 Å². The summed E-state index contributed by atoms with van der Waals surface area (Å²) < 4.78 is 15.1. The average molecular weight is 327 g/mol. The summed E-state index contributed by atoms with van der Waals surface area (Å²) in [5, 5.41) is 7.69. The van der Waals surface area contributed by atoms with Crippen molar-refractivity contribution in [2.45, 2.75) is 19.2 Å². The maximum atomic E-state index is 5.73. The van der Waals surface area contributed by atoms with Crippen LogP contribution < -0.4 is 10.1 Å². The number of aromatic nitrogens is 4. The zero-order valence-corrected chi connectivity index (χ0v) is 13.9. The lowest BCUT2D eigenvalue weighted by Crippen LogP contribution is -2.32. The number of ether oxygens (including phenoxy) is 2. The van der Waals surface area contributed by atoms with E-state index in [0.717, 1.165) is 35.7 Å². The third-order valence-corrected chi connectivity index (χ3v) is 4.34. The number of imidazole rings is 1. The minimum atomic E-state index is 0.226. The van der Waals surface area contributed by atoms with Crippen LogP contribution in [-0.2, 0) is 24.9 Å². The molecule has 24 heavy (non-hydrogen) atoms. The van der Waals surface area contributed by atoms with E-state index in [2.05, 4.69) is 21.0 Å². The molecule has 0 fully saturated rings. The molecular weight excluding hydrogens is 306 g/mol. The van der Waals surface area contributed by atoms with Crippen LogP contribution in [-0.4, -0.2) is 39.6 Å². The molecule has 1 aliphatic heterocycles. The highest BCUT2D eigenvalue weighted by atomic mass is 16.5. The van der Waals surface area contributed by atoms with Crippen molar-refractivity contribution >= 4 is 11.0 Å². The van der Waals surface area contributed by atoms with Gasteiger partial charge >= 0.3 is 0 Å². The summed E-state index contributed by atoms with van der Waals surface area (Å²) >= 11 is 0. The summed E-state index contributed by atoms with van der Waals surface area (Å²) in [6, 6.07) is 6.25. The van der Waals surface area contributed by atoms with Gasteiger partial charge in [-0.2, -0.15) is 5.10 Å². The molecule has 1 N–H and O–H groups in total. The molecule has 3 heterocycles. The molecule has 1 aromatic carbocycles. The number of benzene rings is 1. The first kappa shape index (κ1) is 15.2. The Morgan fingerprint density at radius 3 is 3.12 bits per heavy atom. The summed E-state index contributed by atoms with van der Waals surface area (Å²) in [7, 11) is 3.60. The van der Waals surface area contributed by atoms with Crippen molar-refractivity contribution in [2.75, 3.05) is 20.3 Å². The number of nitrogens with one attached hydrogen (secondary N) is 1. The van der Waals surface area contributed by atoms with Crippen LogP contribution in [0.4, 0.5) is 0 Å². The van der Waals surface area contributed by atoms with E-state index in [9.17, 15) is 0 Å². The van der Waals surface area contributed by atoms with Gasteiger partial charge in [0.15, 0.2) is 0 Å². The van der Waals surface area contributed by atoms with Crippen LogP contribution in [0.25, 0.3) is 11.0 Å². The van der Waals surface area contributed by atoms with Crippen molar-refractivity contribution in [3.63, 3.8) is 0 Å². The fourth-order valence-electron chi connectivity index (χ4n) is 3.22. The Kier molecular flexibility index (Phi) is 3.95. The van der Waals surface area contributed by atoms with Gasteiger partial charge in [0.2, 0.25) is 0 Å². The van der Waals surface area contributed by atoms with Gasteiger partial charge in [-0.05, 0) is 12.1 Å². The summed E-state index contributed by atoms with van der Waals surface area (Å²) in [4.78, 5) is 4.70. The quantitative estimate of drug-likeness (QED) is 0.772. The minimum absolute atomic E-state index is 0.226. The number of hydrogen-bond acceptors (Lipinski definition) is 5. The van der Waals surface area contributed by atoms with Gasteiger partial charge in [-0.3, -0.25) is 4.68 Å². The Labute approximate surface area is 140 Å². The van der Waals surface area contributed by atoms with Gasteiger partial charge in [-0.25, -0.2) is 4.98 Å². The molecule has 0 amide bonds. The van der Waals surface area contributed by atoms with Crippen LogP contribution in [0.2, 0.25) is 0 Å². The average Bonchev–Trinajstić information content (AvgIpc) is 3.17. The number of aryl methyl sites for hydroxylation is 1. The highest BCUT2D eigenvalue weighted by Gasteiger charge is 2.24. The maximum Gasteiger partial charge on any atom is 0.136 e. The van der Waals surface area contributed by atoms with Gasteiger partial charge in [0.05, 0.1) is 37.0 Å².